The van der Waals surface area contributed by atoms with Crippen LogP contribution >= 0.6 is 0 Å². The van der Waals surface area contributed by atoms with Gasteiger partial charge in [-0.15, -0.1) is 0 Å². The highest BCUT2D eigenvalue weighted by atomic mass is 16.3. The number of nitrogens with zero attached hydrogens (tertiary/aromatic N) is 2. The van der Waals surface area contributed by atoms with Crippen molar-refractivity contribution in [1.82, 2.24) is 9.97 Å². The molecule has 0 N–H and O–H groups in total. The number of benzene rings is 3. The van der Waals surface area contributed by atoms with E-state index >= 15 is 0 Å². The molecule has 26 heavy (non-hydrogen) atoms. The van der Waals surface area contributed by atoms with Crippen LogP contribution in [-0.4, -0.2) is 9.97 Å². The molecule has 0 radical (unpaired) electrons. The zero-order valence-corrected chi connectivity index (χ0v) is 14.7. The van der Waals surface area contributed by atoms with Crippen molar-refractivity contribution in [3.05, 3.63) is 72.6 Å². The molecular weight excluding hydrogens is 320 g/mol. The predicted octanol–water partition coefficient (Wildman–Crippen LogP) is 6.32. The molecule has 0 aliphatic rings. The van der Waals surface area contributed by atoms with Gasteiger partial charge in [-0.1, -0.05) is 50.2 Å². The van der Waals surface area contributed by atoms with Crippen molar-refractivity contribution in [3.8, 4) is 11.3 Å². The lowest BCUT2D eigenvalue weighted by Gasteiger charge is -2.11. The van der Waals surface area contributed by atoms with E-state index < -0.39 is 0 Å². The Morgan fingerprint density at radius 1 is 0.731 bits per heavy atom. The van der Waals surface area contributed by atoms with Crippen molar-refractivity contribution >= 4 is 32.8 Å². The molecule has 0 saturated carbocycles. The Labute approximate surface area is 151 Å². The summed E-state index contributed by atoms with van der Waals surface area (Å²) in [6.45, 7) is 4.25. The van der Waals surface area contributed by atoms with Crippen LogP contribution in [0.5, 0.6) is 0 Å². The summed E-state index contributed by atoms with van der Waals surface area (Å²) in [5.41, 5.74) is 4.86. The van der Waals surface area contributed by atoms with E-state index in [0.29, 0.717) is 0 Å². The molecule has 3 nitrogen and oxygen atoms in total. The van der Waals surface area contributed by atoms with Gasteiger partial charge in [-0.3, -0.25) is 0 Å². The van der Waals surface area contributed by atoms with Gasteiger partial charge in [0.05, 0.1) is 11.2 Å². The van der Waals surface area contributed by atoms with E-state index in [9.17, 15) is 0 Å². The second kappa shape index (κ2) is 5.67. The number of aromatic nitrogens is 2. The van der Waals surface area contributed by atoms with Crippen molar-refractivity contribution in [2.75, 3.05) is 0 Å². The molecule has 5 aromatic rings. The number of furan rings is 1. The van der Waals surface area contributed by atoms with E-state index in [1.807, 2.05) is 36.4 Å². The normalized spacial score (nSPS) is 11.8. The Balaban J connectivity index is 1.83. The van der Waals surface area contributed by atoms with E-state index in [1.54, 1.807) is 0 Å². The van der Waals surface area contributed by atoms with Crippen LogP contribution in [-0.2, 0) is 0 Å². The van der Waals surface area contributed by atoms with Crippen LogP contribution in [0.3, 0.4) is 0 Å². The molecule has 0 aliphatic carbocycles. The first-order valence-corrected chi connectivity index (χ1v) is 8.89. The molecule has 0 spiro atoms. The van der Waals surface area contributed by atoms with E-state index in [0.717, 1.165) is 49.9 Å². The standard InChI is InChI=1S/C23H18N2O/c1-14(2)23-24-19-9-5-3-8-17(19)22(25-23)15-11-12-21-18(13-15)16-7-4-6-10-20(16)26-21/h3-14H,1-2H3. The molecule has 5 rings (SSSR count). The van der Waals surface area contributed by atoms with Crippen molar-refractivity contribution in [2.45, 2.75) is 19.8 Å². The summed E-state index contributed by atoms with van der Waals surface area (Å²) >= 11 is 0. The van der Waals surface area contributed by atoms with E-state index in [4.69, 9.17) is 14.4 Å². The first-order chi connectivity index (χ1) is 12.7. The van der Waals surface area contributed by atoms with Crippen molar-refractivity contribution < 1.29 is 4.42 Å². The fourth-order valence-electron chi connectivity index (χ4n) is 3.45. The zero-order valence-electron chi connectivity index (χ0n) is 14.7. The molecular formula is C23H18N2O. The predicted molar refractivity (Wildman–Crippen MR) is 106 cm³/mol. The summed E-state index contributed by atoms with van der Waals surface area (Å²) in [7, 11) is 0. The molecule has 0 fully saturated rings. The first-order valence-electron chi connectivity index (χ1n) is 8.89. The van der Waals surface area contributed by atoms with Gasteiger partial charge in [0.1, 0.15) is 17.0 Å². The monoisotopic (exact) mass is 338 g/mol. The quantitative estimate of drug-likeness (QED) is 0.378. The van der Waals surface area contributed by atoms with Crippen LogP contribution in [0, 0.1) is 0 Å². The van der Waals surface area contributed by atoms with Crippen molar-refractivity contribution in [2.24, 2.45) is 0 Å². The van der Waals surface area contributed by atoms with Gasteiger partial charge < -0.3 is 4.42 Å². The number of fused-ring (bicyclic) bond motifs is 4. The Kier molecular flexibility index (Phi) is 3.29. The smallest absolute Gasteiger partial charge is 0.135 e. The highest BCUT2D eigenvalue weighted by Gasteiger charge is 2.14. The van der Waals surface area contributed by atoms with Gasteiger partial charge in [-0.25, -0.2) is 9.97 Å². The summed E-state index contributed by atoms with van der Waals surface area (Å²) in [6, 6.07) is 22.7. The van der Waals surface area contributed by atoms with E-state index in [1.165, 1.54) is 0 Å². The third kappa shape index (κ3) is 2.28. The van der Waals surface area contributed by atoms with Gasteiger partial charge in [0.25, 0.3) is 0 Å². The summed E-state index contributed by atoms with van der Waals surface area (Å²) < 4.78 is 5.96. The average molecular weight is 338 g/mol. The Morgan fingerprint density at radius 2 is 1.46 bits per heavy atom. The van der Waals surface area contributed by atoms with Gasteiger partial charge in [-0.2, -0.15) is 0 Å². The first kappa shape index (κ1) is 15.1. The minimum atomic E-state index is 0.275. The van der Waals surface area contributed by atoms with Crippen LogP contribution < -0.4 is 0 Å². The van der Waals surface area contributed by atoms with Gasteiger partial charge in [-0.05, 0) is 30.3 Å². The van der Waals surface area contributed by atoms with Gasteiger partial charge >= 0.3 is 0 Å². The SMILES string of the molecule is CC(C)c1nc(-c2ccc3oc4ccccc4c3c2)c2ccccc2n1. The lowest BCUT2D eigenvalue weighted by Crippen LogP contribution is -2.00. The van der Waals surface area contributed by atoms with Crippen LogP contribution in [0.15, 0.2) is 71.1 Å². The van der Waals surface area contributed by atoms with Crippen molar-refractivity contribution in [3.63, 3.8) is 0 Å². The Morgan fingerprint density at radius 3 is 2.31 bits per heavy atom. The molecule has 0 bridgehead atoms. The lowest BCUT2D eigenvalue weighted by molar-refractivity contribution is 0.669. The molecule has 0 unspecified atom stereocenters. The topological polar surface area (TPSA) is 38.9 Å². The highest BCUT2D eigenvalue weighted by Crippen LogP contribution is 2.34. The summed E-state index contributed by atoms with van der Waals surface area (Å²) in [5.74, 6) is 1.15. The van der Waals surface area contributed by atoms with Crippen LogP contribution in [0.1, 0.15) is 25.6 Å². The zero-order chi connectivity index (χ0) is 17.7. The average Bonchev–Trinajstić information content (AvgIpc) is 3.05. The largest absolute Gasteiger partial charge is 0.456 e. The van der Waals surface area contributed by atoms with Gasteiger partial charge in [0, 0.05) is 27.6 Å². The summed E-state index contributed by atoms with van der Waals surface area (Å²) in [6.07, 6.45) is 0. The van der Waals surface area contributed by atoms with Gasteiger partial charge in [0.15, 0.2) is 0 Å². The minimum absolute atomic E-state index is 0.275. The Hall–Kier alpha value is -3.20. The van der Waals surface area contributed by atoms with E-state index in [2.05, 4.69) is 44.2 Å². The molecule has 0 atom stereocenters. The molecule has 126 valence electrons. The lowest BCUT2D eigenvalue weighted by atomic mass is 10.0. The fraction of sp³-hybridized carbons (Fsp3) is 0.130. The number of rotatable bonds is 2. The minimum Gasteiger partial charge on any atom is -0.456 e. The number of para-hydroxylation sites is 2. The molecule has 0 aliphatic heterocycles. The third-order valence-corrected chi connectivity index (χ3v) is 4.79. The second-order valence-corrected chi connectivity index (χ2v) is 6.91. The third-order valence-electron chi connectivity index (χ3n) is 4.79. The van der Waals surface area contributed by atoms with Crippen molar-refractivity contribution in [1.29, 1.82) is 0 Å². The molecule has 2 aromatic heterocycles. The number of hydrogen-bond donors (Lipinski definition) is 0. The maximum absolute atomic E-state index is 5.96. The van der Waals surface area contributed by atoms with Crippen LogP contribution in [0.2, 0.25) is 0 Å². The molecule has 0 saturated heterocycles. The Bertz CT molecular complexity index is 1270. The maximum atomic E-state index is 5.96. The molecule has 2 heterocycles. The summed E-state index contributed by atoms with van der Waals surface area (Å²) in [4.78, 5) is 9.63. The van der Waals surface area contributed by atoms with Crippen LogP contribution in [0.4, 0.5) is 0 Å². The van der Waals surface area contributed by atoms with Gasteiger partial charge in [0.2, 0.25) is 0 Å². The highest BCUT2D eigenvalue weighted by molar-refractivity contribution is 6.07. The second-order valence-electron chi connectivity index (χ2n) is 6.91. The van der Waals surface area contributed by atoms with E-state index in [-0.39, 0.29) is 5.92 Å². The maximum Gasteiger partial charge on any atom is 0.135 e. The molecule has 3 heteroatoms. The summed E-state index contributed by atoms with van der Waals surface area (Å²) in [5, 5.41) is 3.32. The fourth-order valence-corrected chi connectivity index (χ4v) is 3.45. The molecule has 3 aromatic carbocycles. The number of hydrogen-bond acceptors (Lipinski definition) is 3. The molecule has 0 amide bonds. The van der Waals surface area contributed by atoms with Crippen LogP contribution in [0.25, 0.3) is 44.1 Å².